The van der Waals surface area contributed by atoms with Crippen LogP contribution in [0.25, 0.3) is 0 Å². The summed E-state index contributed by atoms with van der Waals surface area (Å²) >= 11 is 0. The monoisotopic (exact) mass is 253 g/mol. The molecule has 1 aliphatic carbocycles. The van der Waals surface area contributed by atoms with Crippen molar-refractivity contribution < 1.29 is 14.7 Å². The third-order valence-electron chi connectivity index (χ3n) is 4.94. The number of aliphatic carboxylic acids is 1. The summed E-state index contributed by atoms with van der Waals surface area (Å²) in [5.74, 6) is -0.303. The molecular weight excluding hydrogens is 230 g/mol. The summed E-state index contributed by atoms with van der Waals surface area (Å²) in [6.45, 7) is 5.13. The van der Waals surface area contributed by atoms with Crippen molar-refractivity contribution in [1.82, 2.24) is 4.90 Å². The number of likely N-dealkylation sites (tertiary alicyclic amines) is 1. The molecule has 2 aliphatic rings. The fourth-order valence-corrected chi connectivity index (χ4v) is 3.70. The molecule has 1 aliphatic heterocycles. The molecule has 0 aromatic carbocycles. The quantitative estimate of drug-likeness (QED) is 0.835. The highest BCUT2D eigenvalue weighted by atomic mass is 16.4. The molecule has 2 atom stereocenters. The fraction of sp³-hybridized carbons (Fsp3) is 0.857. The molecular formula is C14H23NO3. The van der Waals surface area contributed by atoms with E-state index < -0.39 is 11.4 Å². The molecule has 0 aromatic heterocycles. The summed E-state index contributed by atoms with van der Waals surface area (Å²) in [6, 6.07) is 0. The van der Waals surface area contributed by atoms with E-state index in [0.717, 1.165) is 32.1 Å². The number of hydrogen-bond acceptors (Lipinski definition) is 2. The van der Waals surface area contributed by atoms with E-state index in [-0.39, 0.29) is 17.7 Å². The lowest BCUT2D eigenvalue weighted by atomic mass is 9.81. The SMILES string of the molecule is CCC(CC)C(=O)N1C[C@@H]2CCC[C@@]2(C(=O)O)C1. The van der Waals surface area contributed by atoms with Gasteiger partial charge in [-0.2, -0.15) is 0 Å². The average Bonchev–Trinajstić information content (AvgIpc) is 2.87. The van der Waals surface area contributed by atoms with E-state index in [1.54, 1.807) is 0 Å². The molecule has 4 heteroatoms. The number of carboxylic acid groups (broad SMARTS) is 1. The molecule has 0 unspecified atom stereocenters. The van der Waals surface area contributed by atoms with Crippen molar-refractivity contribution in [3.05, 3.63) is 0 Å². The summed E-state index contributed by atoms with van der Waals surface area (Å²) in [4.78, 5) is 25.7. The number of amides is 1. The maximum Gasteiger partial charge on any atom is 0.311 e. The Balaban J connectivity index is 2.12. The Morgan fingerprint density at radius 2 is 2.06 bits per heavy atom. The van der Waals surface area contributed by atoms with Gasteiger partial charge < -0.3 is 10.0 Å². The summed E-state index contributed by atoms with van der Waals surface area (Å²) < 4.78 is 0. The Morgan fingerprint density at radius 3 is 2.56 bits per heavy atom. The first-order chi connectivity index (χ1) is 8.55. The summed E-state index contributed by atoms with van der Waals surface area (Å²) in [5.41, 5.74) is -0.637. The normalized spacial score (nSPS) is 30.8. The van der Waals surface area contributed by atoms with E-state index in [4.69, 9.17) is 0 Å². The van der Waals surface area contributed by atoms with Crippen LogP contribution in [0.3, 0.4) is 0 Å². The van der Waals surface area contributed by atoms with Gasteiger partial charge in [-0.15, -0.1) is 0 Å². The Bertz CT molecular complexity index is 351. The first kappa shape index (κ1) is 13.4. The van der Waals surface area contributed by atoms with Crippen LogP contribution in [0.1, 0.15) is 46.0 Å². The van der Waals surface area contributed by atoms with Gasteiger partial charge in [-0.1, -0.05) is 20.3 Å². The number of carbonyl (C=O) groups excluding carboxylic acids is 1. The highest BCUT2D eigenvalue weighted by Crippen LogP contribution is 2.49. The third kappa shape index (κ3) is 1.91. The van der Waals surface area contributed by atoms with E-state index in [0.29, 0.717) is 13.1 Å². The second kappa shape index (κ2) is 4.90. The Morgan fingerprint density at radius 1 is 1.39 bits per heavy atom. The smallest absolute Gasteiger partial charge is 0.311 e. The topological polar surface area (TPSA) is 57.6 Å². The first-order valence-corrected chi connectivity index (χ1v) is 7.07. The zero-order valence-corrected chi connectivity index (χ0v) is 11.3. The highest BCUT2D eigenvalue weighted by molar-refractivity contribution is 5.82. The van der Waals surface area contributed by atoms with Gasteiger partial charge >= 0.3 is 5.97 Å². The van der Waals surface area contributed by atoms with Crippen LogP contribution in [0.4, 0.5) is 0 Å². The van der Waals surface area contributed by atoms with Crippen molar-refractivity contribution in [2.45, 2.75) is 46.0 Å². The molecule has 0 radical (unpaired) electrons. The van der Waals surface area contributed by atoms with Gasteiger partial charge in [0.25, 0.3) is 0 Å². The lowest BCUT2D eigenvalue weighted by Crippen LogP contribution is -2.39. The Kier molecular flexibility index (Phi) is 3.64. The number of fused-ring (bicyclic) bond motifs is 1. The molecule has 1 saturated heterocycles. The largest absolute Gasteiger partial charge is 0.481 e. The van der Waals surface area contributed by atoms with Gasteiger partial charge in [0.2, 0.25) is 5.91 Å². The van der Waals surface area contributed by atoms with Crippen molar-refractivity contribution >= 4 is 11.9 Å². The van der Waals surface area contributed by atoms with Crippen LogP contribution in [0.15, 0.2) is 0 Å². The molecule has 18 heavy (non-hydrogen) atoms. The zero-order chi connectivity index (χ0) is 13.3. The molecule has 0 bridgehead atoms. The number of carboxylic acids is 1. The van der Waals surface area contributed by atoms with E-state index in [1.807, 2.05) is 18.7 Å². The molecule has 4 nitrogen and oxygen atoms in total. The standard InChI is InChI=1S/C14H23NO3/c1-3-10(4-2)12(16)15-8-11-6-5-7-14(11,9-15)13(17)18/h10-11H,3-9H2,1-2H3,(H,17,18)/t11-,14+/m0/s1. The second-order valence-corrected chi connectivity index (χ2v) is 5.78. The molecule has 0 aromatic rings. The molecule has 1 saturated carbocycles. The van der Waals surface area contributed by atoms with Crippen LogP contribution in [-0.4, -0.2) is 35.0 Å². The van der Waals surface area contributed by atoms with Crippen LogP contribution >= 0.6 is 0 Å². The lowest BCUT2D eigenvalue weighted by molar-refractivity contribution is -0.149. The van der Waals surface area contributed by atoms with Gasteiger partial charge in [-0.25, -0.2) is 0 Å². The van der Waals surface area contributed by atoms with Crippen LogP contribution < -0.4 is 0 Å². The van der Waals surface area contributed by atoms with Crippen molar-refractivity contribution in [1.29, 1.82) is 0 Å². The van der Waals surface area contributed by atoms with Crippen molar-refractivity contribution in [3.8, 4) is 0 Å². The molecule has 1 heterocycles. The summed E-state index contributed by atoms with van der Waals surface area (Å²) in [6.07, 6.45) is 4.37. The first-order valence-electron chi connectivity index (χ1n) is 7.07. The van der Waals surface area contributed by atoms with Gasteiger partial charge in [0.1, 0.15) is 0 Å². The van der Waals surface area contributed by atoms with Crippen LogP contribution in [-0.2, 0) is 9.59 Å². The van der Waals surface area contributed by atoms with E-state index in [2.05, 4.69) is 0 Å². The molecule has 102 valence electrons. The molecule has 0 spiro atoms. The number of hydrogen-bond donors (Lipinski definition) is 1. The highest BCUT2D eigenvalue weighted by Gasteiger charge is 2.55. The van der Waals surface area contributed by atoms with E-state index in [1.165, 1.54) is 0 Å². The fourth-order valence-electron chi connectivity index (χ4n) is 3.70. The third-order valence-corrected chi connectivity index (χ3v) is 4.94. The van der Waals surface area contributed by atoms with Crippen LogP contribution in [0, 0.1) is 17.3 Å². The maximum absolute atomic E-state index is 12.3. The predicted molar refractivity (Wildman–Crippen MR) is 68.1 cm³/mol. The van der Waals surface area contributed by atoms with E-state index >= 15 is 0 Å². The lowest BCUT2D eigenvalue weighted by Gasteiger charge is -2.25. The zero-order valence-electron chi connectivity index (χ0n) is 11.3. The summed E-state index contributed by atoms with van der Waals surface area (Å²) in [7, 11) is 0. The molecule has 2 fully saturated rings. The van der Waals surface area contributed by atoms with Gasteiger partial charge in [0.05, 0.1) is 5.41 Å². The van der Waals surface area contributed by atoms with Gasteiger partial charge in [0, 0.05) is 19.0 Å². The predicted octanol–water partition coefficient (Wildman–Crippen LogP) is 2.14. The van der Waals surface area contributed by atoms with Crippen molar-refractivity contribution in [2.75, 3.05) is 13.1 Å². The number of nitrogens with zero attached hydrogens (tertiary/aromatic N) is 1. The summed E-state index contributed by atoms with van der Waals surface area (Å²) in [5, 5.41) is 9.49. The number of rotatable bonds is 4. The second-order valence-electron chi connectivity index (χ2n) is 5.78. The minimum Gasteiger partial charge on any atom is -0.481 e. The maximum atomic E-state index is 12.3. The van der Waals surface area contributed by atoms with Crippen molar-refractivity contribution in [2.24, 2.45) is 17.3 Å². The Labute approximate surface area is 108 Å². The van der Waals surface area contributed by atoms with Crippen LogP contribution in [0.2, 0.25) is 0 Å². The van der Waals surface area contributed by atoms with E-state index in [9.17, 15) is 14.7 Å². The van der Waals surface area contributed by atoms with Gasteiger partial charge in [-0.3, -0.25) is 9.59 Å². The minimum atomic E-state index is -0.704. The van der Waals surface area contributed by atoms with Crippen molar-refractivity contribution in [3.63, 3.8) is 0 Å². The molecule has 1 N–H and O–H groups in total. The molecule has 1 amide bonds. The minimum absolute atomic E-state index is 0.0645. The van der Waals surface area contributed by atoms with Gasteiger partial charge in [0.15, 0.2) is 0 Å². The Hall–Kier alpha value is -1.06. The van der Waals surface area contributed by atoms with Crippen LogP contribution in [0.5, 0.6) is 0 Å². The molecule has 2 rings (SSSR count). The number of carbonyl (C=O) groups is 2. The van der Waals surface area contributed by atoms with Gasteiger partial charge in [-0.05, 0) is 31.6 Å². The average molecular weight is 253 g/mol.